The van der Waals surface area contributed by atoms with Gasteiger partial charge < -0.3 is 10.2 Å². The Kier molecular flexibility index (Phi) is 4.68. The molecule has 3 nitrogen and oxygen atoms in total. The van der Waals surface area contributed by atoms with Crippen molar-refractivity contribution in [2.75, 3.05) is 23.7 Å². The molecule has 0 saturated carbocycles. The molecule has 1 atom stereocenters. The van der Waals surface area contributed by atoms with Crippen molar-refractivity contribution < 1.29 is 4.79 Å². The van der Waals surface area contributed by atoms with Crippen LogP contribution in [0.2, 0.25) is 0 Å². The molecule has 0 spiro atoms. The van der Waals surface area contributed by atoms with E-state index in [1.807, 2.05) is 61.2 Å². The number of thioether (sulfide) groups is 1. The van der Waals surface area contributed by atoms with Gasteiger partial charge in [0.1, 0.15) is 0 Å². The quantitative estimate of drug-likeness (QED) is 0.938. The molecule has 2 aromatic rings. The summed E-state index contributed by atoms with van der Waals surface area (Å²) in [5.74, 6) is 1.09. The molecule has 2 aromatic carbocycles. The SMILES string of the molecule is C[C@H](NC(=O)CN1CCSc2ccccc21)c1ccccc1. The van der Waals surface area contributed by atoms with Crippen LogP contribution in [0.5, 0.6) is 0 Å². The van der Waals surface area contributed by atoms with Crippen molar-refractivity contribution >= 4 is 23.4 Å². The smallest absolute Gasteiger partial charge is 0.239 e. The first-order chi connectivity index (χ1) is 10.7. The highest BCUT2D eigenvalue weighted by molar-refractivity contribution is 7.99. The van der Waals surface area contributed by atoms with Gasteiger partial charge in [-0.15, -0.1) is 11.8 Å². The van der Waals surface area contributed by atoms with Gasteiger partial charge in [-0.3, -0.25) is 4.79 Å². The minimum atomic E-state index is 0.0307. The van der Waals surface area contributed by atoms with E-state index in [2.05, 4.69) is 22.3 Å². The number of anilines is 1. The van der Waals surface area contributed by atoms with E-state index < -0.39 is 0 Å². The molecule has 1 amide bonds. The average molecular weight is 312 g/mol. The van der Waals surface area contributed by atoms with Gasteiger partial charge in [-0.05, 0) is 24.6 Å². The van der Waals surface area contributed by atoms with Crippen LogP contribution in [0.25, 0.3) is 0 Å². The Bertz CT molecular complexity index is 645. The van der Waals surface area contributed by atoms with Gasteiger partial charge in [0.25, 0.3) is 0 Å². The molecular weight excluding hydrogens is 292 g/mol. The van der Waals surface area contributed by atoms with Gasteiger partial charge >= 0.3 is 0 Å². The maximum absolute atomic E-state index is 12.3. The summed E-state index contributed by atoms with van der Waals surface area (Å²) in [5, 5.41) is 3.09. The number of hydrogen-bond donors (Lipinski definition) is 1. The van der Waals surface area contributed by atoms with E-state index in [1.54, 1.807) is 0 Å². The molecule has 1 aliphatic heterocycles. The highest BCUT2D eigenvalue weighted by atomic mass is 32.2. The predicted molar refractivity (Wildman–Crippen MR) is 92.4 cm³/mol. The van der Waals surface area contributed by atoms with Crippen molar-refractivity contribution in [3.8, 4) is 0 Å². The number of fused-ring (bicyclic) bond motifs is 1. The van der Waals surface area contributed by atoms with Crippen LogP contribution in [0.4, 0.5) is 5.69 Å². The first-order valence-corrected chi connectivity index (χ1v) is 8.53. The summed E-state index contributed by atoms with van der Waals surface area (Å²) in [6.45, 7) is 3.34. The minimum Gasteiger partial charge on any atom is -0.360 e. The summed E-state index contributed by atoms with van der Waals surface area (Å²) in [4.78, 5) is 15.8. The average Bonchev–Trinajstić information content (AvgIpc) is 2.56. The Labute approximate surface area is 135 Å². The molecule has 0 fully saturated rings. The summed E-state index contributed by atoms with van der Waals surface area (Å²) in [7, 11) is 0. The predicted octanol–water partition coefficient (Wildman–Crippen LogP) is 3.48. The summed E-state index contributed by atoms with van der Waals surface area (Å²) in [5.41, 5.74) is 2.30. The third-order valence-electron chi connectivity index (χ3n) is 3.84. The van der Waals surface area contributed by atoms with Gasteiger partial charge in [0, 0.05) is 17.2 Å². The molecule has 0 radical (unpaired) electrons. The fourth-order valence-corrected chi connectivity index (χ4v) is 3.73. The second-order valence-corrected chi connectivity index (χ2v) is 6.57. The molecule has 1 N–H and O–H groups in total. The molecule has 1 heterocycles. The summed E-state index contributed by atoms with van der Waals surface area (Å²) in [6, 6.07) is 18.4. The lowest BCUT2D eigenvalue weighted by Gasteiger charge is -2.30. The highest BCUT2D eigenvalue weighted by Crippen LogP contribution is 2.33. The molecule has 0 unspecified atom stereocenters. The van der Waals surface area contributed by atoms with Gasteiger partial charge in [-0.25, -0.2) is 0 Å². The van der Waals surface area contributed by atoms with E-state index in [4.69, 9.17) is 0 Å². The Balaban J connectivity index is 1.63. The molecular formula is C18H20N2OS. The number of amides is 1. The second kappa shape index (κ2) is 6.88. The number of benzene rings is 2. The molecule has 22 heavy (non-hydrogen) atoms. The normalized spacial score (nSPS) is 15.0. The number of nitrogens with zero attached hydrogens (tertiary/aromatic N) is 1. The molecule has 0 saturated heterocycles. The van der Waals surface area contributed by atoms with Crippen LogP contribution < -0.4 is 10.2 Å². The molecule has 1 aliphatic rings. The van der Waals surface area contributed by atoms with E-state index in [-0.39, 0.29) is 11.9 Å². The van der Waals surface area contributed by atoms with E-state index >= 15 is 0 Å². The van der Waals surface area contributed by atoms with Crippen LogP contribution in [-0.2, 0) is 4.79 Å². The maximum atomic E-state index is 12.3. The number of rotatable bonds is 4. The van der Waals surface area contributed by atoms with E-state index in [9.17, 15) is 4.79 Å². The van der Waals surface area contributed by atoms with Gasteiger partial charge in [-0.1, -0.05) is 42.5 Å². The summed E-state index contributed by atoms with van der Waals surface area (Å²) >= 11 is 1.86. The number of carbonyl (C=O) groups excluding carboxylic acids is 1. The molecule has 0 bridgehead atoms. The molecule has 4 heteroatoms. The van der Waals surface area contributed by atoms with Gasteiger partial charge in [0.15, 0.2) is 0 Å². The fraction of sp³-hybridized carbons (Fsp3) is 0.278. The van der Waals surface area contributed by atoms with Crippen molar-refractivity contribution in [3.05, 3.63) is 60.2 Å². The van der Waals surface area contributed by atoms with E-state index in [1.165, 1.54) is 10.6 Å². The lowest BCUT2D eigenvalue weighted by Crippen LogP contribution is -2.40. The van der Waals surface area contributed by atoms with Crippen LogP contribution in [-0.4, -0.2) is 24.7 Å². The van der Waals surface area contributed by atoms with Gasteiger partial charge in [-0.2, -0.15) is 0 Å². The maximum Gasteiger partial charge on any atom is 0.239 e. The summed E-state index contributed by atoms with van der Waals surface area (Å²) in [6.07, 6.45) is 0. The number of carbonyl (C=O) groups is 1. The van der Waals surface area contributed by atoms with E-state index in [0.29, 0.717) is 6.54 Å². The molecule has 0 aliphatic carbocycles. The van der Waals surface area contributed by atoms with Crippen molar-refractivity contribution in [1.29, 1.82) is 0 Å². The first kappa shape index (κ1) is 15.0. The fourth-order valence-electron chi connectivity index (χ4n) is 2.68. The Hall–Kier alpha value is -1.94. The van der Waals surface area contributed by atoms with Gasteiger partial charge in [0.2, 0.25) is 5.91 Å². The largest absolute Gasteiger partial charge is 0.360 e. The lowest BCUT2D eigenvalue weighted by molar-refractivity contribution is -0.120. The lowest BCUT2D eigenvalue weighted by atomic mass is 10.1. The topological polar surface area (TPSA) is 32.3 Å². The molecule has 3 rings (SSSR count). The Morgan fingerprint density at radius 3 is 2.73 bits per heavy atom. The highest BCUT2D eigenvalue weighted by Gasteiger charge is 2.19. The zero-order chi connectivity index (χ0) is 15.4. The van der Waals surface area contributed by atoms with Crippen LogP contribution in [0, 0.1) is 0 Å². The van der Waals surface area contributed by atoms with Crippen molar-refractivity contribution in [2.24, 2.45) is 0 Å². The Morgan fingerprint density at radius 2 is 1.91 bits per heavy atom. The Morgan fingerprint density at radius 1 is 1.18 bits per heavy atom. The van der Waals surface area contributed by atoms with E-state index in [0.717, 1.165) is 17.9 Å². The van der Waals surface area contributed by atoms with Crippen LogP contribution in [0.3, 0.4) is 0 Å². The minimum absolute atomic E-state index is 0.0307. The molecule has 0 aromatic heterocycles. The zero-order valence-corrected chi connectivity index (χ0v) is 13.5. The first-order valence-electron chi connectivity index (χ1n) is 7.55. The monoisotopic (exact) mass is 312 g/mol. The van der Waals surface area contributed by atoms with Crippen molar-refractivity contribution in [1.82, 2.24) is 5.32 Å². The van der Waals surface area contributed by atoms with Crippen LogP contribution in [0.1, 0.15) is 18.5 Å². The van der Waals surface area contributed by atoms with Crippen molar-refractivity contribution in [3.63, 3.8) is 0 Å². The van der Waals surface area contributed by atoms with Crippen LogP contribution >= 0.6 is 11.8 Å². The molecule has 114 valence electrons. The van der Waals surface area contributed by atoms with Crippen LogP contribution in [0.15, 0.2) is 59.5 Å². The number of hydrogen-bond acceptors (Lipinski definition) is 3. The zero-order valence-electron chi connectivity index (χ0n) is 12.7. The second-order valence-electron chi connectivity index (χ2n) is 5.44. The number of para-hydroxylation sites is 1. The third kappa shape index (κ3) is 3.45. The standard InChI is InChI=1S/C18H20N2OS/c1-14(15-7-3-2-4-8-15)19-18(21)13-20-11-12-22-17-10-6-5-9-16(17)20/h2-10,14H,11-13H2,1H3,(H,19,21)/t14-/m0/s1. The van der Waals surface area contributed by atoms with Crippen molar-refractivity contribution in [2.45, 2.75) is 17.9 Å². The third-order valence-corrected chi connectivity index (χ3v) is 4.88. The summed E-state index contributed by atoms with van der Waals surface area (Å²) < 4.78 is 0. The van der Waals surface area contributed by atoms with Gasteiger partial charge in [0.05, 0.1) is 18.3 Å². The number of nitrogens with one attached hydrogen (secondary N) is 1.